The van der Waals surface area contributed by atoms with Crippen LogP contribution < -0.4 is 0 Å². The predicted molar refractivity (Wildman–Crippen MR) is 79.8 cm³/mol. The smallest absolute Gasteiger partial charge is 0.306 e. The highest BCUT2D eigenvalue weighted by Gasteiger charge is 2.39. The molecule has 1 aliphatic heterocycles. The molecule has 0 unspecified atom stereocenters. The number of rotatable bonds is 2. The van der Waals surface area contributed by atoms with E-state index in [1.165, 1.54) is 38.5 Å². The van der Waals surface area contributed by atoms with Crippen molar-refractivity contribution in [3.8, 4) is 0 Å². The van der Waals surface area contributed by atoms with Crippen molar-refractivity contribution in [1.29, 1.82) is 0 Å². The molecule has 3 rings (SSSR count). The topological polar surface area (TPSA) is 57.6 Å². The number of carboxylic acid groups (broad SMARTS) is 1. The van der Waals surface area contributed by atoms with Gasteiger partial charge >= 0.3 is 5.97 Å². The lowest BCUT2D eigenvalue weighted by Gasteiger charge is -2.41. The molecule has 0 aromatic rings. The van der Waals surface area contributed by atoms with Gasteiger partial charge in [0.1, 0.15) is 0 Å². The summed E-state index contributed by atoms with van der Waals surface area (Å²) in [4.78, 5) is 25.7. The van der Waals surface area contributed by atoms with Crippen molar-refractivity contribution >= 4 is 11.9 Å². The van der Waals surface area contributed by atoms with Gasteiger partial charge in [0.25, 0.3) is 0 Å². The van der Waals surface area contributed by atoms with E-state index in [0.29, 0.717) is 24.2 Å². The molecule has 1 N–H and O–H groups in total. The summed E-state index contributed by atoms with van der Waals surface area (Å²) >= 11 is 0. The van der Waals surface area contributed by atoms with Crippen molar-refractivity contribution in [2.24, 2.45) is 17.3 Å². The predicted octanol–water partition coefficient (Wildman–Crippen LogP) is 3.06. The van der Waals surface area contributed by atoms with Crippen LogP contribution in [0, 0.1) is 17.3 Å². The van der Waals surface area contributed by atoms with E-state index < -0.39 is 5.97 Å². The van der Waals surface area contributed by atoms with E-state index in [-0.39, 0.29) is 11.8 Å². The Balaban J connectivity index is 1.49. The van der Waals surface area contributed by atoms with E-state index >= 15 is 0 Å². The van der Waals surface area contributed by atoms with Gasteiger partial charge in [0.05, 0.1) is 5.92 Å². The highest BCUT2D eigenvalue weighted by Crippen LogP contribution is 2.46. The molecule has 118 valence electrons. The molecule has 21 heavy (non-hydrogen) atoms. The third-order valence-electron chi connectivity index (χ3n) is 6.23. The fourth-order valence-electron chi connectivity index (χ4n) is 4.67. The molecule has 3 aliphatic rings. The molecule has 2 saturated carbocycles. The van der Waals surface area contributed by atoms with Crippen LogP contribution in [0.4, 0.5) is 0 Å². The molecule has 0 bridgehead atoms. The minimum absolute atomic E-state index is 0.0817. The number of nitrogens with zero attached hydrogens (tertiary/aromatic N) is 1. The number of likely N-dealkylation sites (tertiary alicyclic amines) is 1. The Kier molecular flexibility index (Phi) is 4.23. The fourth-order valence-corrected chi connectivity index (χ4v) is 4.67. The van der Waals surface area contributed by atoms with E-state index in [0.717, 1.165) is 25.9 Å². The monoisotopic (exact) mass is 293 g/mol. The maximum absolute atomic E-state index is 12.6. The lowest BCUT2D eigenvalue weighted by Crippen LogP contribution is -2.45. The van der Waals surface area contributed by atoms with Gasteiger partial charge in [-0.15, -0.1) is 0 Å². The quantitative estimate of drug-likeness (QED) is 0.851. The van der Waals surface area contributed by atoms with Crippen LogP contribution in [0.25, 0.3) is 0 Å². The standard InChI is InChI=1S/C17H27NO3/c19-15(13-3-5-14(6-4-13)16(20)21)18-11-9-17(10-12-18)7-1-2-8-17/h13-14H,1-12H2,(H,20,21). The van der Waals surface area contributed by atoms with Gasteiger partial charge in [-0.05, 0) is 56.8 Å². The minimum atomic E-state index is -0.693. The largest absolute Gasteiger partial charge is 0.481 e. The molecule has 1 amide bonds. The first-order valence-corrected chi connectivity index (χ1v) is 8.61. The summed E-state index contributed by atoms with van der Waals surface area (Å²) in [5.41, 5.74) is 0.553. The molecule has 0 aromatic carbocycles. The van der Waals surface area contributed by atoms with E-state index in [1.807, 2.05) is 0 Å². The maximum Gasteiger partial charge on any atom is 0.306 e. The molecular weight excluding hydrogens is 266 g/mol. The normalized spacial score (nSPS) is 32.3. The first kappa shape index (κ1) is 14.9. The van der Waals surface area contributed by atoms with Crippen LogP contribution in [-0.4, -0.2) is 35.0 Å². The third kappa shape index (κ3) is 3.09. The Morgan fingerprint density at radius 2 is 1.38 bits per heavy atom. The summed E-state index contributed by atoms with van der Waals surface area (Å²) in [5, 5.41) is 9.03. The van der Waals surface area contributed by atoms with Gasteiger partial charge in [-0.3, -0.25) is 9.59 Å². The van der Waals surface area contributed by atoms with Gasteiger partial charge in [-0.25, -0.2) is 0 Å². The van der Waals surface area contributed by atoms with Gasteiger partial charge in [0.15, 0.2) is 0 Å². The molecule has 1 heterocycles. The van der Waals surface area contributed by atoms with Crippen molar-refractivity contribution in [3.63, 3.8) is 0 Å². The number of aliphatic carboxylic acids is 1. The first-order valence-electron chi connectivity index (χ1n) is 8.61. The van der Waals surface area contributed by atoms with Crippen molar-refractivity contribution in [2.75, 3.05) is 13.1 Å². The molecule has 4 nitrogen and oxygen atoms in total. The van der Waals surface area contributed by atoms with Crippen molar-refractivity contribution in [2.45, 2.75) is 64.2 Å². The van der Waals surface area contributed by atoms with Crippen molar-refractivity contribution in [1.82, 2.24) is 4.90 Å². The summed E-state index contributed by atoms with van der Waals surface area (Å²) in [6.45, 7) is 1.86. The second kappa shape index (κ2) is 5.98. The number of amides is 1. The molecule has 0 atom stereocenters. The SMILES string of the molecule is O=C(O)C1CCC(C(=O)N2CCC3(CCCC3)CC2)CC1. The van der Waals surface area contributed by atoms with Crippen LogP contribution in [-0.2, 0) is 9.59 Å². The fraction of sp³-hybridized carbons (Fsp3) is 0.882. The molecule has 1 spiro atoms. The number of carbonyl (C=O) groups is 2. The minimum Gasteiger partial charge on any atom is -0.481 e. The van der Waals surface area contributed by atoms with Crippen LogP contribution in [0.5, 0.6) is 0 Å². The summed E-state index contributed by atoms with van der Waals surface area (Å²) < 4.78 is 0. The van der Waals surface area contributed by atoms with Crippen molar-refractivity contribution < 1.29 is 14.7 Å². The Labute approximate surface area is 126 Å². The second-order valence-corrected chi connectivity index (χ2v) is 7.42. The number of carbonyl (C=O) groups excluding carboxylic acids is 1. The molecule has 0 radical (unpaired) electrons. The van der Waals surface area contributed by atoms with Gasteiger partial charge in [0.2, 0.25) is 5.91 Å². The second-order valence-electron chi connectivity index (χ2n) is 7.42. The number of hydrogen-bond acceptors (Lipinski definition) is 2. The zero-order chi connectivity index (χ0) is 14.9. The summed E-state index contributed by atoms with van der Waals surface area (Å²) in [7, 11) is 0. The van der Waals surface area contributed by atoms with Crippen LogP contribution >= 0.6 is 0 Å². The van der Waals surface area contributed by atoms with Gasteiger partial charge < -0.3 is 10.0 Å². The highest BCUT2D eigenvalue weighted by atomic mass is 16.4. The van der Waals surface area contributed by atoms with E-state index in [1.54, 1.807) is 0 Å². The average molecular weight is 293 g/mol. The van der Waals surface area contributed by atoms with E-state index in [4.69, 9.17) is 5.11 Å². The highest BCUT2D eigenvalue weighted by molar-refractivity contribution is 5.79. The van der Waals surface area contributed by atoms with Gasteiger partial charge in [-0.1, -0.05) is 12.8 Å². The summed E-state index contributed by atoms with van der Waals surface area (Å²) in [6.07, 6.45) is 10.7. The van der Waals surface area contributed by atoms with Crippen LogP contribution in [0.15, 0.2) is 0 Å². The molecule has 1 saturated heterocycles. The Morgan fingerprint density at radius 3 is 1.90 bits per heavy atom. The zero-order valence-electron chi connectivity index (χ0n) is 12.9. The molecule has 4 heteroatoms. The third-order valence-corrected chi connectivity index (χ3v) is 6.23. The number of hydrogen-bond donors (Lipinski definition) is 1. The number of carboxylic acids is 1. The Morgan fingerprint density at radius 1 is 0.857 bits per heavy atom. The zero-order valence-corrected chi connectivity index (χ0v) is 12.9. The molecule has 0 aromatic heterocycles. The summed E-state index contributed by atoms with van der Waals surface area (Å²) in [5.74, 6) is -0.538. The molecular formula is C17H27NO3. The lowest BCUT2D eigenvalue weighted by atomic mass is 9.76. The lowest BCUT2D eigenvalue weighted by molar-refractivity contribution is -0.146. The van der Waals surface area contributed by atoms with Crippen LogP contribution in [0.1, 0.15) is 64.2 Å². The van der Waals surface area contributed by atoms with Gasteiger partial charge in [0, 0.05) is 19.0 Å². The van der Waals surface area contributed by atoms with E-state index in [2.05, 4.69) is 4.90 Å². The van der Waals surface area contributed by atoms with E-state index in [9.17, 15) is 9.59 Å². The average Bonchev–Trinajstić information content (AvgIpc) is 2.96. The maximum atomic E-state index is 12.6. The van der Waals surface area contributed by atoms with Crippen molar-refractivity contribution in [3.05, 3.63) is 0 Å². The summed E-state index contributed by atoms with van der Waals surface area (Å²) in [6, 6.07) is 0. The van der Waals surface area contributed by atoms with Crippen LogP contribution in [0.2, 0.25) is 0 Å². The van der Waals surface area contributed by atoms with Crippen LogP contribution in [0.3, 0.4) is 0 Å². The Hall–Kier alpha value is -1.06. The Bertz CT molecular complexity index is 396. The molecule has 3 fully saturated rings. The number of piperidine rings is 1. The van der Waals surface area contributed by atoms with Gasteiger partial charge in [-0.2, -0.15) is 0 Å². The molecule has 2 aliphatic carbocycles. The first-order chi connectivity index (χ1) is 10.1.